The molecule has 0 radical (unpaired) electrons. The minimum Gasteiger partial charge on any atom is -0.383 e. The molecule has 2 N–H and O–H groups in total. The zero-order valence-electron chi connectivity index (χ0n) is 11.5. The van der Waals surface area contributed by atoms with Gasteiger partial charge in [0.15, 0.2) is 12.4 Å². The third kappa shape index (κ3) is 3.02. The standard InChI is InChI=1S/C13H6Cl2F4N4O/c14-6-1-5(13(17,18)19)2-7(15)11(6)23-12(21)10(9(24)3-16)8(4-20)22-23/h1-2H,3,21H2. The summed E-state index contributed by atoms with van der Waals surface area (Å²) in [5, 5.41) is 11.7. The van der Waals surface area contributed by atoms with Crippen LogP contribution in [0.4, 0.5) is 23.4 Å². The number of aromatic nitrogens is 2. The summed E-state index contributed by atoms with van der Waals surface area (Å²) in [5.74, 6) is -1.56. The Balaban J connectivity index is 2.73. The molecule has 0 aliphatic heterocycles. The Bertz CT molecular complexity index is 847. The Morgan fingerprint density at radius 3 is 2.29 bits per heavy atom. The largest absolute Gasteiger partial charge is 0.416 e. The number of Topliss-reactive ketones (excluding diaryl/α,β-unsaturated/α-hetero) is 1. The molecule has 0 aliphatic carbocycles. The van der Waals surface area contributed by atoms with Gasteiger partial charge in [-0.2, -0.15) is 23.5 Å². The van der Waals surface area contributed by atoms with Crippen molar-refractivity contribution in [1.29, 1.82) is 5.26 Å². The Kier molecular flexibility index (Phi) is 4.73. The van der Waals surface area contributed by atoms with Crippen molar-refractivity contribution in [1.82, 2.24) is 9.78 Å². The van der Waals surface area contributed by atoms with Crippen molar-refractivity contribution < 1.29 is 22.4 Å². The molecule has 1 aromatic heterocycles. The van der Waals surface area contributed by atoms with Crippen LogP contribution in [0.3, 0.4) is 0 Å². The van der Waals surface area contributed by atoms with E-state index in [0.29, 0.717) is 12.1 Å². The van der Waals surface area contributed by atoms with Crippen LogP contribution in [0.1, 0.15) is 21.6 Å². The summed E-state index contributed by atoms with van der Waals surface area (Å²) < 4.78 is 51.5. The first-order chi connectivity index (χ1) is 11.1. The second kappa shape index (κ2) is 6.30. The lowest BCUT2D eigenvalue weighted by Crippen LogP contribution is -2.10. The highest BCUT2D eigenvalue weighted by Gasteiger charge is 2.33. The lowest BCUT2D eigenvalue weighted by atomic mass is 10.1. The van der Waals surface area contributed by atoms with Crippen molar-refractivity contribution in [2.24, 2.45) is 0 Å². The number of anilines is 1. The van der Waals surface area contributed by atoms with E-state index in [-0.39, 0.29) is 5.69 Å². The minimum absolute atomic E-state index is 0.266. The van der Waals surface area contributed by atoms with Crippen LogP contribution < -0.4 is 5.73 Å². The molecule has 0 saturated carbocycles. The van der Waals surface area contributed by atoms with Crippen LogP contribution in [0, 0.1) is 11.3 Å². The summed E-state index contributed by atoms with van der Waals surface area (Å²) >= 11 is 11.6. The average molecular weight is 381 g/mol. The molecule has 0 bridgehead atoms. The first kappa shape index (κ1) is 18.0. The number of hydrogen-bond acceptors (Lipinski definition) is 4. The molecule has 0 fully saturated rings. The van der Waals surface area contributed by atoms with E-state index < -0.39 is 51.3 Å². The molecule has 2 rings (SSSR count). The molecule has 0 spiro atoms. The van der Waals surface area contributed by atoms with E-state index in [2.05, 4.69) is 5.10 Å². The molecule has 1 heterocycles. The molecule has 0 atom stereocenters. The Morgan fingerprint density at radius 1 is 1.33 bits per heavy atom. The number of hydrogen-bond donors (Lipinski definition) is 1. The van der Waals surface area contributed by atoms with E-state index in [1.807, 2.05) is 0 Å². The zero-order valence-corrected chi connectivity index (χ0v) is 13.0. The molecular formula is C13H6Cl2F4N4O. The van der Waals surface area contributed by atoms with Crippen molar-refractivity contribution >= 4 is 34.8 Å². The number of nitrogens with zero attached hydrogens (tertiary/aromatic N) is 3. The maximum Gasteiger partial charge on any atom is 0.416 e. The summed E-state index contributed by atoms with van der Waals surface area (Å²) in [5.41, 5.74) is 3.31. The third-order valence-corrected chi connectivity index (χ3v) is 3.56. The summed E-state index contributed by atoms with van der Waals surface area (Å²) in [6, 6.07) is 2.73. The molecule has 0 saturated heterocycles. The van der Waals surface area contributed by atoms with Crippen molar-refractivity contribution in [3.63, 3.8) is 0 Å². The average Bonchev–Trinajstić information content (AvgIpc) is 2.81. The fourth-order valence-corrected chi connectivity index (χ4v) is 2.60. The predicted octanol–water partition coefficient (Wildman–Crippen LogP) is 3.80. The van der Waals surface area contributed by atoms with Gasteiger partial charge in [0.1, 0.15) is 23.1 Å². The summed E-state index contributed by atoms with van der Waals surface area (Å²) in [7, 11) is 0. The van der Waals surface area contributed by atoms with Crippen LogP contribution in [0.2, 0.25) is 10.0 Å². The number of benzene rings is 1. The van der Waals surface area contributed by atoms with Gasteiger partial charge in [0.25, 0.3) is 0 Å². The van der Waals surface area contributed by atoms with Gasteiger partial charge in [-0.25, -0.2) is 9.07 Å². The van der Waals surface area contributed by atoms with E-state index in [0.717, 1.165) is 4.68 Å². The minimum atomic E-state index is -4.69. The van der Waals surface area contributed by atoms with Gasteiger partial charge < -0.3 is 5.73 Å². The number of nitrogen functional groups attached to an aromatic ring is 1. The van der Waals surface area contributed by atoms with Crippen molar-refractivity contribution in [3.05, 3.63) is 39.0 Å². The van der Waals surface area contributed by atoms with Crippen molar-refractivity contribution in [2.75, 3.05) is 12.4 Å². The maximum atomic E-state index is 12.7. The van der Waals surface area contributed by atoms with Crippen molar-refractivity contribution in [3.8, 4) is 11.8 Å². The van der Waals surface area contributed by atoms with Gasteiger partial charge in [-0.3, -0.25) is 4.79 Å². The van der Waals surface area contributed by atoms with Gasteiger partial charge in [-0.1, -0.05) is 23.2 Å². The van der Waals surface area contributed by atoms with Crippen molar-refractivity contribution in [2.45, 2.75) is 6.18 Å². The Hall–Kier alpha value is -2.31. The molecule has 0 amide bonds. The second-order valence-electron chi connectivity index (χ2n) is 4.48. The Morgan fingerprint density at radius 2 is 1.88 bits per heavy atom. The molecule has 0 unspecified atom stereocenters. The van der Waals surface area contributed by atoms with E-state index in [1.165, 1.54) is 0 Å². The van der Waals surface area contributed by atoms with E-state index in [9.17, 15) is 22.4 Å². The van der Waals surface area contributed by atoms with E-state index in [1.54, 1.807) is 6.07 Å². The lowest BCUT2D eigenvalue weighted by molar-refractivity contribution is -0.137. The van der Waals surface area contributed by atoms with Gasteiger partial charge >= 0.3 is 6.18 Å². The van der Waals surface area contributed by atoms with Crippen LogP contribution in [-0.4, -0.2) is 22.2 Å². The fourth-order valence-electron chi connectivity index (χ4n) is 1.95. The third-order valence-electron chi connectivity index (χ3n) is 2.98. The molecule has 24 heavy (non-hydrogen) atoms. The van der Waals surface area contributed by atoms with Gasteiger partial charge in [-0.15, -0.1) is 0 Å². The highest BCUT2D eigenvalue weighted by atomic mass is 35.5. The first-order valence-electron chi connectivity index (χ1n) is 6.06. The highest BCUT2D eigenvalue weighted by molar-refractivity contribution is 6.38. The highest BCUT2D eigenvalue weighted by Crippen LogP contribution is 2.38. The summed E-state index contributed by atoms with van der Waals surface area (Å²) in [6.07, 6.45) is -4.69. The Labute approximate surface area is 142 Å². The SMILES string of the molecule is N#Cc1nn(-c2c(Cl)cc(C(F)(F)F)cc2Cl)c(N)c1C(=O)CF. The van der Waals surface area contributed by atoms with Gasteiger partial charge in [0.05, 0.1) is 15.6 Å². The number of nitrogens with two attached hydrogens (primary N) is 1. The molecule has 1 aromatic carbocycles. The van der Waals surface area contributed by atoms with Crippen LogP contribution in [0.25, 0.3) is 5.69 Å². The van der Waals surface area contributed by atoms with Gasteiger partial charge in [0, 0.05) is 0 Å². The number of rotatable bonds is 3. The van der Waals surface area contributed by atoms with Crippen LogP contribution in [0.15, 0.2) is 12.1 Å². The smallest absolute Gasteiger partial charge is 0.383 e. The number of halogens is 6. The van der Waals surface area contributed by atoms with Crippen LogP contribution in [-0.2, 0) is 6.18 Å². The fraction of sp³-hybridized carbons (Fsp3) is 0.154. The summed E-state index contributed by atoms with van der Waals surface area (Å²) in [4.78, 5) is 11.5. The first-order valence-corrected chi connectivity index (χ1v) is 6.81. The molecule has 5 nitrogen and oxygen atoms in total. The molecule has 126 valence electrons. The van der Waals surface area contributed by atoms with Crippen LogP contribution >= 0.6 is 23.2 Å². The normalized spacial score (nSPS) is 11.4. The van der Waals surface area contributed by atoms with Gasteiger partial charge in [-0.05, 0) is 12.1 Å². The topological polar surface area (TPSA) is 84.7 Å². The molecule has 11 heteroatoms. The monoisotopic (exact) mass is 380 g/mol. The molecular weight excluding hydrogens is 375 g/mol. The number of nitriles is 1. The van der Waals surface area contributed by atoms with E-state index >= 15 is 0 Å². The zero-order chi connectivity index (χ0) is 18.2. The number of alkyl halides is 4. The predicted molar refractivity (Wildman–Crippen MR) is 78.0 cm³/mol. The van der Waals surface area contributed by atoms with Gasteiger partial charge in [0.2, 0.25) is 5.78 Å². The number of carbonyl (C=O) groups is 1. The second-order valence-corrected chi connectivity index (χ2v) is 5.29. The molecule has 0 aliphatic rings. The number of ketones is 1. The van der Waals surface area contributed by atoms with E-state index in [4.69, 9.17) is 34.2 Å². The van der Waals surface area contributed by atoms with Crippen LogP contribution in [0.5, 0.6) is 0 Å². The maximum absolute atomic E-state index is 12.7. The molecule has 2 aromatic rings. The lowest BCUT2D eigenvalue weighted by Gasteiger charge is -2.13. The number of carbonyl (C=O) groups excluding carboxylic acids is 1. The summed E-state index contributed by atoms with van der Waals surface area (Å²) in [6.45, 7) is -1.43. The quantitative estimate of drug-likeness (QED) is 0.648.